The van der Waals surface area contributed by atoms with E-state index in [1.54, 1.807) is 0 Å². The number of halogens is 1. The number of piperazine rings is 1. The number of para-hydroxylation sites is 2. The lowest BCUT2D eigenvalue weighted by Crippen LogP contribution is -2.46. The van der Waals surface area contributed by atoms with E-state index in [4.69, 9.17) is 21.1 Å². The van der Waals surface area contributed by atoms with E-state index in [1.807, 2.05) is 82.3 Å². The average Bonchev–Trinajstić information content (AvgIpc) is 3.35. The van der Waals surface area contributed by atoms with E-state index in [0.29, 0.717) is 16.5 Å². The lowest BCUT2D eigenvalue weighted by Gasteiger charge is -2.36. The maximum absolute atomic E-state index is 13.7. The number of rotatable bonds is 9. The van der Waals surface area contributed by atoms with Crippen molar-refractivity contribution in [3.05, 3.63) is 88.1 Å². The van der Waals surface area contributed by atoms with Gasteiger partial charge in [0.1, 0.15) is 11.2 Å². The molecule has 2 aliphatic rings. The van der Waals surface area contributed by atoms with Gasteiger partial charge in [-0.2, -0.15) is 4.98 Å². The molecule has 2 aliphatic heterocycles. The summed E-state index contributed by atoms with van der Waals surface area (Å²) >= 11 is 6.78. The van der Waals surface area contributed by atoms with Gasteiger partial charge < -0.3 is 25.0 Å². The van der Waals surface area contributed by atoms with Crippen LogP contribution in [0.4, 0.5) is 23.0 Å². The average molecular weight is 641 g/mol. The molecule has 3 aromatic carbocycles. The van der Waals surface area contributed by atoms with Crippen molar-refractivity contribution in [2.75, 3.05) is 48.3 Å². The highest BCUT2D eigenvalue weighted by Gasteiger charge is 2.33. The summed E-state index contributed by atoms with van der Waals surface area (Å²) in [6.45, 7) is 15.3. The van der Waals surface area contributed by atoms with E-state index in [0.717, 1.165) is 79.3 Å². The van der Waals surface area contributed by atoms with Crippen LogP contribution in [0.3, 0.4) is 0 Å². The first kappa shape index (κ1) is 31.6. The topological polar surface area (TPSA) is 91.9 Å². The number of hydrogen-bond acceptors (Lipinski definition) is 8. The Morgan fingerprint density at radius 3 is 2.50 bits per heavy atom. The zero-order valence-electron chi connectivity index (χ0n) is 27.1. The Morgan fingerprint density at radius 2 is 1.78 bits per heavy atom. The summed E-state index contributed by atoms with van der Waals surface area (Å²) in [4.78, 5) is 27.7. The minimum atomic E-state index is -0.376. The van der Waals surface area contributed by atoms with Crippen LogP contribution < -0.4 is 25.0 Å². The number of fused-ring (bicyclic) bond motifs is 1. The minimum absolute atomic E-state index is 0.107. The van der Waals surface area contributed by atoms with Crippen LogP contribution in [0.5, 0.6) is 17.4 Å². The lowest BCUT2D eigenvalue weighted by molar-refractivity contribution is 0.102. The number of ether oxygens (including phenoxy) is 2. The molecule has 0 bridgehead atoms. The fourth-order valence-corrected chi connectivity index (χ4v) is 6.42. The molecule has 1 amide bonds. The Bertz CT molecular complexity index is 1730. The van der Waals surface area contributed by atoms with Crippen molar-refractivity contribution >= 4 is 40.5 Å². The molecule has 0 radical (unpaired) electrons. The summed E-state index contributed by atoms with van der Waals surface area (Å²) in [6.07, 6.45) is 3.39. The highest BCUT2D eigenvalue weighted by atomic mass is 35.5. The van der Waals surface area contributed by atoms with Crippen molar-refractivity contribution < 1.29 is 14.3 Å². The molecule has 9 nitrogen and oxygen atoms in total. The standard InChI is InChI=1S/C36H41ClN6O3/c1-6-15-42-16-18-43(19-17-42)29-14-13-26(20-28(29)37)39-35-38-22-27(33(44)40-31-23(2)9-7-10-24(31)3)34(41-35)45-30-12-8-11-25-21-36(4,5)46-32(25)30/h7-14,20,22H,6,15-19,21H2,1-5H3,(H,40,44)(H,38,39,41). The number of aromatic nitrogens is 2. The van der Waals surface area contributed by atoms with E-state index < -0.39 is 0 Å². The predicted octanol–water partition coefficient (Wildman–Crippen LogP) is 7.78. The van der Waals surface area contributed by atoms with Crippen LogP contribution in [-0.4, -0.2) is 59.1 Å². The summed E-state index contributed by atoms with van der Waals surface area (Å²) in [7, 11) is 0. The van der Waals surface area contributed by atoms with E-state index >= 15 is 0 Å². The van der Waals surface area contributed by atoms with Crippen molar-refractivity contribution in [2.45, 2.75) is 53.1 Å². The molecule has 0 saturated carbocycles. The Morgan fingerprint density at radius 1 is 1.04 bits per heavy atom. The zero-order chi connectivity index (χ0) is 32.4. The van der Waals surface area contributed by atoms with E-state index in [2.05, 4.69) is 37.3 Å². The first-order valence-electron chi connectivity index (χ1n) is 15.9. The third-order valence-corrected chi connectivity index (χ3v) is 8.74. The molecular formula is C36H41ClN6O3. The number of anilines is 4. The first-order valence-corrected chi connectivity index (χ1v) is 16.3. The summed E-state index contributed by atoms with van der Waals surface area (Å²) in [5.41, 5.74) is 5.25. The molecule has 2 N–H and O–H groups in total. The molecule has 240 valence electrons. The SMILES string of the molecule is CCCN1CCN(c2ccc(Nc3ncc(C(=O)Nc4c(C)cccc4C)c(Oc4cccc5c4OC(C)(C)C5)n3)cc2Cl)CC1. The van der Waals surface area contributed by atoms with Crippen molar-refractivity contribution in [1.82, 2.24) is 14.9 Å². The van der Waals surface area contributed by atoms with Gasteiger partial charge in [0.05, 0.1) is 10.7 Å². The van der Waals surface area contributed by atoms with Gasteiger partial charge in [0, 0.05) is 55.7 Å². The van der Waals surface area contributed by atoms with Gasteiger partial charge in [-0.15, -0.1) is 0 Å². The number of amides is 1. The zero-order valence-corrected chi connectivity index (χ0v) is 27.9. The summed E-state index contributed by atoms with van der Waals surface area (Å²) in [6, 6.07) is 17.5. The maximum Gasteiger partial charge on any atom is 0.262 e. The van der Waals surface area contributed by atoms with Crippen molar-refractivity contribution in [3.8, 4) is 17.4 Å². The van der Waals surface area contributed by atoms with E-state index in [1.165, 1.54) is 6.20 Å². The second-order valence-corrected chi connectivity index (χ2v) is 13.0. The van der Waals surface area contributed by atoms with Crippen LogP contribution in [0.2, 0.25) is 5.02 Å². The van der Waals surface area contributed by atoms with Crippen molar-refractivity contribution in [1.29, 1.82) is 0 Å². The molecule has 10 heteroatoms. The second-order valence-electron chi connectivity index (χ2n) is 12.6. The van der Waals surface area contributed by atoms with Crippen molar-refractivity contribution in [2.24, 2.45) is 0 Å². The van der Waals surface area contributed by atoms with E-state index in [-0.39, 0.29) is 28.9 Å². The van der Waals surface area contributed by atoms with E-state index in [9.17, 15) is 4.79 Å². The fraction of sp³-hybridized carbons (Fsp3) is 0.361. The van der Waals surface area contributed by atoms with Crippen LogP contribution in [0, 0.1) is 13.8 Å². The number of hydrogen-bond donors (Lipinski definition) is 2. The monoisotopic (exact) mass is 640 g/mol. The van der Waals surface area contributed by atoms with Gasteiger partial charge >= 0.3 is 0 Å². The molecule has 0 spiro atoms. The van der Waals surface area contributed by atoms with Gasteiger partial charge in [-0.05, 0) is 76.1 Å². The largest absolute Gasteiger partial charge is 0.483 e. The Hall–Kier alpha value is -4.34. The summed E-state index contributed by atoms with van der Waals surface area (Å²) in [5, 5.41) is 6.93. The highest BCUT2D eigenvalue weighted by Crippen LogP contribution is 2.43. The number of nitrogens with one attached hydrogen (secondary N) is 2. The molecule has 3 heterocycles. The van der Waals surface area contributed by atoms with Gasteiger partial charge in [-0.1, -0.05) is 48.9 Å². The number of benzene rings is 3. The third-order valence-electron chi connectivity index (χ3n) is 8.44. The Kier molecular flexibility index (Phi) is 9.06. The van der Waals surface area contributed by atoms with Gasteiger partial charge in [0.25, 0.3) is 5.91 Å². The number of carbonyl (C=O) groups is 1. The van der Waals surface area contributed by atoms with Gasteiger partial charge in [0.2, 0.25) is 11.8 Å². The predicted molar refractivity (Wildman–Crippen MR) is 185 cm³/mol. The van der Waals surface area contributed by atoms with Crippen LogP contribution in [0.15, 0.2) is 60.8 Å². The van der Waals surface area contributed by atoms with Crippen LogP contribution in [0.1, 0.15) is 54.2 Å². The van der Waals surface area contributed by atoms with Crippen molar-refractivity contribution in [3.63, 3.8) is 0 Å². The van der Waals surface area contributed by atoms with Gasteiger partial charge in [-0.25, -0.2) is 4.98 Å². The van der Waals surface area contributed by atoms with Crippen LogP contribution in [0.25, 0.3) is 0 Å². The minimum Gasteiger partial charge on any atom is -0.483 e. The van der Waals surface area contributed by atoms with Gasteiger partial charge in [0.15, 0.2) is 11.5 Å². The molecule has 6 rings (SSSR count). The Labute approximate surface area is 275 Å². The Balaban J connectivity index is 1.27. The molecule has 0 atom stereocenters. The lowest BCUT2D eigenvalue weighted by atomic mass is 10.0. The highest BCUT2D eigenvalue weighted by molar-refractivity contribution is 6.33. The molecule has 1 aromatic heterocycles. The van der Waals surface area contributed by atoms with Gasteiger partial charge in [-0.3, -0.25) is 9.69 Å². The normalized spacial score (nSPS) is 15.7. The third kappa shape index (κ3) is 6.90. The molecule has 1 fully saturated rings. The number of carbonyl (C=O) groups excluding carboxylic acids is 1. The molecule has 1 saturated heterocycles. The number of aryl methyl sites for hydroxylation is 2. The summed E-state index contributed by atoms with van der Waals surface area (Å²) < 4.78 is 12.6. The summed E-state index contributed by atoms with van der Waals surface area (Å²) in [5.74, 6) is 1.14. The molecule has 46 heavy (non-hydrogen) atoms. The molecule has 4 aromatic rings. The fourth-order valence-electron chi connectivity index (χ4n) is 6.12. The molecule has 0 unspecified atom stereocenters. The van der Waals surface area contributed by atoms with Crippen LogP contribution in [-0.2, 0) is 6.42 Å². The quantitative estimate of drug-likeness (QED) is 0.192. The van der Waals surface area contributed by atoms with Crippen LogP contribution >= 0.6 is 11.6 Å². The first-order chi connectivity index (χ1) is 22.1. The second kappa shape index (κ2) is 13.2. The maximum atomic E-state index is 13.7. The molecule has 0 aliphatic carbocycles. The number of nitrogens with zero attached hydrogens (tertiary/aromatic N) is 4. The smallest absolute Gasteiger partial charge is 0.262 e. The molecular weight excluding hydrogens is 600 g/mol.